The predicted molar refractivity (Wildman–Crippen MR) is 76.1 cm³/mol. The van der Waals surface area contributed by atoms with Crippen molar-refractivity contribution in [2.24, 2.45) is 5.92 Å². The lowest BCUT2D eigenvalue weighted by molar-refractivity contribution is -0.0104. The molecule has 1 heterocycles. The Balaban J connectivity index is 2.46. The number of carbonyl (C=O) groups is 1. The van der Waals surface area contributed by atoms with E-state index in [1.807, 2.05) is 20.8 Å². The molecule has 4 heteroatoms. The second-order valence-electron chi connectivity index (χ2n) is 6.54. The fourth-order valence-electron chi connectivity index (χ4n) is 2.45. The van der Waals surface area contributed by atoms with Crippen molar-refractivity contribution >= 4 is 6.09 Å². The Labute approximate surface area is 117 Å². The molecule has 1 aliphatic heterocycles. The summed E-state index contributed by atoms with van der Waals surface area (Å²) in [7, 11) is 0. The molecule has 1 aliphatic rings. The van der Waals surface area contributed by atoms with E-state index >= 15 is 0 Å². The predicted octanol–water partition coefficient (Wildman–Crippen LogP) is 3.18. The van der Waals surface area contributed by atoms with Crippen LogP contribution in [0.1, 0.15) is 59.8 Å². The molecule has 2 unspecified atom stereocenters. The topological polar surface area (TPSA) is 49.8 Å². The van der Waals surface area contributed by atoms with E-state index in [1.54, 1.807) is 4.90 Å². The lowest BCUT2D eigenvalue weighted by Gasteiger charge is -2.37. The van der Waals surface area contributed by atoms with Crippen molar-refractivity contribution in [3.8, 4) is 0 Å². The number of aliphatic hydroxyl groups excluding tert-OH is 1. The summed E-state index contributed by atoms with van der Waals surface area (Å²) in [6.07, 6.45) is 4.63. The third-order valence-electron chi connectivity index (χ3n) is 3.52. The Morgan fingerprint density at radius 1 is 1.37 bits per heavy atom. The number of rotatable bonds is 4. The quantitative estimate of drug-likeness (QED) is 0.799. The molecule has 0 aromatic rings. The Morgan fingerprint density at radius 3 is 2.63 bits per heavy atom. The van der Waals surface area contributed by atoms with Crippen LogP contribution in [0.4, 0.5) is 4.79 Å². The van der Waals surface area contributed by atoms with E-state index in [0.717, 1.165) is 12.8 Å². The number of hydrogen-bond acceptors (Lipinski definition) is 3. The third kappa shape index (κ3) is 5.81. The number of likely N-dealkylation sites (tertiary alicyclic amines) is 1. The molecule has 0 radical (unpaired) electrons. The highest BCUT2D eigenvalue weighted by molar-refractivity contribution is 5.68. The monoisotopic (exact) mass is 271 g/mol. The maximum absolute atomic E-state index is 12.0. The number of unbranched alkanes of at least 4 members (excludes halogenated alkanes) is 2. The highest BCUT2D eigenvalue weighted by Gasteiger charge is 2.32. The Bertz CT molecular complexity index is 286. The number of aliphatic hydroxyl groups is 1. The van der Waals surface area contributed by atoms with E-state index in [1.165, 1.54) is 12.8 Å². The molecule has 0 bridgehead atoms. The standard InChI is InChI=1S/C15H29NO3/c1-5-6-7-8-12-11-16(10-9-13(12)17)14(18)19-15(2,3)4/h12-13,17H,5-11H2,1-4H3. The summed E-state index contributed by atoms with van der Waals surface area (Å²) >= 11 is 0. The Hall–Kier alpha value is -0.770. The first-order chi connectivity index (χ1) is 8.83. The first-order valence-corrected chi connectivity index (χ1v) is 7.49. The molecule has 0 aliphatic carbocycles. The van der Waals surface area contributed by atoms with E-state index in [9.17, 15) is 9.90 Å². The zero-order chi connectivity index (χ0) is 14.5. The van der Waals surface area contributed by atoms with Gasteiger partial charge in [0, 0.05) is 19.0 Å². The summed E-state index contributed by atoms with van der Waals surface area (Å²) < 4.78 is 5.39. The van der Waals surface area contributed by atoms with Crippen LogP contribution >= 0.6 is 0 Å². The first-order valence-electron chi connectivity index (χ1n) is 7.49. The molecule has 4 nitrogen and oxygen atoms in total. The molecule has 1 fully saturated rings. The molecule has 1 N–H and O–H groups in total. The summed E-state index contributed by atoms with van der Waals surface area (Å²) in [6, 6.07) is 0. The van der Waals surface area contributed by atoms with Crippen LogP contribution in [0.3, 0.4) is 0 Å². The highest BCUT2D eigenvalue weighted by atomic mass is 16.6. The van der Waals surface area contributed by atoms with Gasteiger partial charge in [-0.1, -0.05) is 26.2 Å². The van der Waals surface area contributed by atoms with Gasteiger partial charge < -0.3 is 14.7 Å². The van der Waals surface area contributed by atoms with Crippen molar-refractivity contribution < 1.29 is 14.6 Å². The van der Waals surface area contributed by atoms with Crippen LogP contribution in [0, 0.1) is 5.92 Å². The smallest absolute Gasteiger partial charge is 0.410 e. The summed E-state index contributed by atoms with van der Waals surface area (Å²) in [5.41, 5.74) is -0.454. The van der Waals surface area contributed by atoms with Crippen molar-refractivity contribution in [3.05, 3.63) is 0 Å². The minimum atomic E-state index is -0.454. The number of hydrogen-bond donors (Lipinski definition) is 1. The largest absolute Gasteiger partial charge is 0.444 e. The van der Waals surface area contributed by atoms with Crippen LogP contribution in [0.25, 0.3) is 0 Å². The second-order valence-corrected chi connectivity index (χ2v) is 6.54. The van der Waals surface area contributed by atoms with E-state index in [4.69, 9.17) is 4.74 Å². The zero-order valence-corrected chi connectivity index (χ0v) is 12.8. The normalized spacial score (nSPS) is 24.4. The van der Waals surface area contributed by atoms with E-state index in [0.29, 0.717) is 19.5 Å². The van der Waals surface area contributed by atoms with Crippen LogP contribution in [0.2, 0.25) is 0 Å². The molecular weight excluding hydrogens is 242 g/mol. The molecular formula is C15H29NO3. The maximum atomic E-state index is 12.0. The summed E-state index contributed by atoms with van der Waals surface area (Å²) in [6.45, 7) is 9.03. The van der Waals surface area contributed by atoms with Gasteiger partial charge in [0.15, 0.2) is 0 Å². The van der Waals surface area contributed by atoms with Gasteiger partial charge in [-0.15, -0.1) is 0 Å². The molecule has 0 aromatic heterocycles. The summed E-state index contributed by atoms with van der Waals surface area (Å²) in [4.78, 5) is 13.8. The van der Waals surface area contributed by atoms with Crippen LogP contribution < -0.4 is 0 Å². The van der Waals surface area contributed by atoms with E-state index in [-0.39, 0.29) is 18.1 Å². The number of ether oxygens (including phenoxy) is 1. The molecule has 0 saturated carbocycles. The van der Waals surface area contributed by atoms with Gasteiger partial charge in [0.2, 0.25) is 0 Å². The van der Waals surface area contributed by atoms with Gasteiger partial charge in [0.25, 0.3) is 0 Å². The molecule has 1 amide bonds. The first kappa shape index (κ1) is 16.3. The van der Waals surface area contributed by atoms with E-state index < -0.39 is 5.60 Å². The molecule has 0 spiro atoms. The molecule has 1 rings (SSSR count). The van der Waals surface area contributed by atoms with Gasteiger partial charge in [-0.3, -0.25) is 0 Å². The Kier molecular flexibility index (Phi) is 6.11. The van der Waals surface area contributed by atoms with Crippen molar-refractivity contribution in [1.82, 2.24) is 4.90 Å². The van der Waals surface area contributed by atoms with Gasteiger partial charge >= 0.3 is 6.09 Å². The van der Waals surface area contributed by atoms with Crippen LogP contribution in [-0.4, -0.2) is 40.9 Å². The number of carbonyl (C=O) groups excluding carboxylic acids is 1. The highest BCUT2D eigenvalue weighted by Crippen LogP contribution is 2.24. The SMILES string of the molecule is CCCCCC1CN(C(=O)OC(C)(C)C)CCC1O. The number of nitrogens with zero attached hydrogens (tertiary/aromatic N) is 1. The Morgan fingerprint density at radius 2 is 2.05 bits per heavy atom. The van der Waals surface area contributed by atoms with Crippen molar-refractivity contribution in [1.29, 1.82) is 0 Å². The van der Waals surface area contributed by atoms with Gasteiger partial charge in [-0.25, -0.2) is 4.79 Å². The zero-order valence-electron chi connectivity index (χ0n) is 12.8. The molecule has 19 heavy (non-hydrogen) atoms. The molecule has 2 atom stereocenters. The number of piperidine rings is 1. The van der Waals surface area contributed by atoms with E-state index in [2.05, 4.69) is 6.92 Å². The van der Waals surface area contributed by atoms with Gasteiger partial charge in [0.1, 0.15) is 5.60 Å². The van der Waals surface area contributed by atoms with Crippen molar-refractivity contribution in [2.75, 3.05) is 13.1 Å². The molecule has 0 aromatic carbocycles. The minimum Gasteiger partial charge on any atom is -0.444 e. The third-order valence-corrected chi connectivity index (χ3v) is 3.52. The fraction of sp³-hybridized carbons (Fsp3) is 0.933. The fourth-order valence-corrected chi connectivity index (χ4v) is 2.45. The molecule has 112 valence electrons. The van der Waals surface area contributed by atoms with Crippen LogP contribution in [-0.2, 0) is 4.74 Å². The molecule has 1 saturated heterocycles. The van der Waals surface area contributed by atoms with Gasteiger partial charge in [0.05, 0.1) is 6.10 Å². The number of amides is 1. The van der Waals surface area contributed by atoms with Crippen molar-refractivity contribution in [3.63, 3.8) is 0 Å². The maximum Gasteiger partial charge on any atom is 0.410 e. The average molecular weight is 271 g/mol. The lowest BCUT2D eigenvalue weighted by Crippen LogP contribution is -2.47. The minimum absolute atomic E-state index is 0.202. The van der Waals surface area contributed by atoms with Crippen LogP contribution in [0.15, 0.2) is 0 Å². The average Bonchev–Trinajstić information content (AvgIpc) is 2.29. The van der Waals surface area contributed by atoms with Crippen molar-refractivity contribution in [2.45, 2.75) is 71.5 Å². The lowest BCUT2D eigenvalue weighted by atomic mass is 9.90. The second kappa shape index (κ2) is 7.13. The van der Waals surface area contributed by atoms with Gasteiger partial charge in [-0.2, -0.15) is 0 Å². The summed E-state index contributed by atoms with van der Waals surface area (Å²) in [5.74, 6) is 0.202. The van der Waals surface area contributed by atoms with Gasteiger partial charge in [-0.05, 0) is 33.6 Å². The summed E-state index contributed by atoms with van der Waals surface area (Å²) in [5, 5.41) is 10.0. The van der Waals surface area contributed by atoms with Crippen LogP contribution in [0.5, 0.6) is 0 Å².